The van der Waals surface area contributed by atoms with Gasteiger partial charge in [-0.25, -0.2) is 9.67 Å². The molecule has 0 aliphatic carbocycles. The predicted molar refractivity (Wildman–Crippen MR) is 89.4 cm³/mol. The van der Waals surface area contributed by atoms with Gasteiger partial charge in [-0.15, -0.1) is 11.3 Å². The highest BCUT2D eigenvalue weighted by Crippen LogP contribution is 2.28. The SMILES string of the molecule is Cc1nc(-c2c(C)c(C)nn(C)c2=O)sc1C(=O)NCCC(=O)O. The van der Waals surface area contributed by atoms with E-state index < -0.39 is 11.9 Å². The minimum atomic E-state index is -0.983. The smallest absolute Gasteiger partial charge is 0.305 e. The molecule has 0 saturated heterocycles. The Morgan fingerprint density at radius 3 is 2.54 bits per heavy atom. The summed E-state index contributed by atoms with van der Waals surface area (Å²) < 4.78 is 1.25. The summed E-state index contributed by atoms with van der Waals surface area (Å²) >= 11 is 1.11. The second-order valence-corrected chi connectivity index (χ2v) is 6.35. The van der Waals surface area contributed by atoms with Gasteiger partial charge in [0.1, 0.15) is 9.88 Å². The molecule has 0 unspecified atom stereocenters. The van der Waals surface area contributed by atoms with Crippen molar-refractivity contribution in [3.63, 3.8) is 0 Å². The Bertz CT molecular complexity index is 869. The quantitative estimate of drug-likeness (QED) is 0.832. The van der Waals surface area contributed by atoms with Crippen LogP contribution in [0.2, 0.25) is 0 Å². The number of aliphatic carboxylic acids is 1. The monoisotopic (exact) mass is 350 g/mol. The van der Waals surface area contributed by atoms with E-state index in [1.807, 2.05) is 0 Å². The molecule has 0 aliphatic rings. The zero-order valence-electron chi connectivity index (χ0n) is 13.8. The van der Waals surface area contributed by atoms with Crippen LogP contribution in [-0.4, -0.2) is 38.3 Å². The van der Waals surface area contributed by atoms with E-state index >= 15 is 0 Å². The average Bonchev–Trinajstić information content (AvgIpc) is 2.87. The number of carbonyl (C=O) groups excluding carboxylic acids is 1. The van der Waals surface area contributed by atoms with E-state index in [1.54, 1.807) is 27.8 Å². The number of carbonyl (C=O) groups is 2. The summed E-state index contributed by atoms with van der Waals surface area (Å²) in [6.07, 6.45) is -0.153. The second kappa shape index (κ2) is 6.91. The summed E-state index contributed by atoms with van der Waals surface area (Å²) in [6, 6.07) is 0. The van der Waals surface area contributed by atoms with Crippen LogP contribution < -0.4 is 10.9 Å². The van der Waals surface area contributed by atoms with Gasteiger partial charge in [0.25, 0.3) is 11.5 Å². The first-order chi connectivity index (χ1) is 11.2. The third kappa shape index (κ3) is 3.51. The molecule has 128 valence electrons. The molecule has 1 amide bonds. The largest absolute Gasteiger partial charge is 0.481 e. The number of carboxylic acid groups (broad SMARTS) is 1. The molecule has 2 aromatic heterocycles. The Morgan fingerprint density at radius 2 is 1.92 bits per heavy atom. The number of nitrogens with zero attached hydrogens (tertiary/aromatic N) is 3. The fourth-order valence-electron chi connectivity index (χ4n) is 2.18. The maximum Gasteiger partial charge on any atom is 0.305 e. The van der Waals surface area contributed by atoms with Crippen molar-refractivity contribution in [2.45, 2.75) is 27.2 Å². The highest BCUT2D eigenvalue weighted by atomic mass is 32.1. The van der Waals surface area contributed by atoms with Crippen molar-refractivity contribution in [2.24, 2.45) is 7.05 Å². The number of amides is 1. The Hall–Kier alpha value is -2.55. The molecule has 2 rings (SSSR count). The first-order valence-electron chi connectivity index (χ1n) is 7.24. The third-order valence-electron chi connectivity index (χ3n) is 3.57. The van der Waals surface area contributed by atoms with Gasteiger partial charge in [0, 0.05) is 13.6 Å². The van der Waals surface area contributed by atoms with E-state index in [9.17, 15) is 14.4 Å². The van der Waals surface area contributed by atoms with Gasteiger partial charge < -0.3 is 10.4 Å². The summed E-state index contributed by atoms with van der Waals surface area (Å²) in [7, 11) is 1.57. The van der Waals surface area contributed by atoms with E-state index in [-0.39, 0.29) is 18.5 Å². The molecule has 2 N–H and O–H groups in total. The van der Waals surface area contributed by atoms with Crippen LogP contribution in [0.4, 0.5) is 0 Å². The fraction of sp³-hybridized carbons (Fsp3) is 0.400. The maximum absolute atomic E-state index is 12.4. The lowest BCUT2D eigenvalue weighted by Gasteiger charge is -2.07. The topological polar surface area (TPSA) is 114 Å². The van der Waals surface area contributed by atoms with E-state index in [0.717, 1.165) is 16.9 Å². The van der Waals surface area contributed by atoms with Gasteiger partial charge in [-0.2, -0.15) is 5.10 Å². The van der Waals surface area contributed by atoms with Crippen LogP contribution in [-0.2, 0) is 11.8 Å². The molecule has 0 radical (unpaired) electrons. The predicted octanol–water partition coefficient (Wildman–Crippen LogP) is 1.03. The standard InChI is InChI=1S/C15H18N4O4S/c1-7-8(2)18-19(4)15(23)11(7)14-17-9(3)12(24-14)13(22)16-6-5-10(20)21/h5-6H2,1-4H3,(H,16,22)(H,20,21). The van der Waals surface area contributed by atoms with Crippen LogP contribution in [0.3, 0.4) is 0 Å². The average molecular weight is 350 g/mol. The molecule has 0 bridgehead atoms. The molecule has 0 saturated carbocycles. The van der Waals surface area contributed by atoms with Crippen LogP contribution in [0.15, 0.2) is 4.79 Å². The second-order valence-electron chi connectivity index (χ2n) is 5.35. The normalized spacial score (nSPS) is 10.7. The van der Waals surface area contributed by atoms with Crippen molar-refractivity contribution in [3.8, 4) is 10.6 Å². The first-order valence-corrected chi connectivity index (χ1v) is 8.06. The maximum atomic E-state index is 12.4. The Labute approximate surface area is 142 Å². The third-order valence-corrected chi connectivity index (χ3v) is 4.74. The zero-order valence-corrected chi connectivity index (χ0v) is 14.7. The van der Waals surface area contributed by atoms with Crippen molar-refractivity contribution >= 4 is 23.2 Å². The number of aromatic nitrogens is 3. The van der Waals surface area contributed by atoms with E-state index in [0.29, 0.717) is 26.8 Å². The molecule has 24 heavy (non-hydrogen) atoms. The highest BCUT2D eigenvalue weighted by molar-refractivity contribution is 7.17. The number of thiazole rings is 1. The van der Waals surface area contributed by atoms with Crippen molar-refractivity contribution in [2.75, 3.05) is 6.54 Å². The van der Waals surface area contributed by atoms with Gasteiger partial charge >= 0.3 is 5.97 Å². The molecule has 0 aromatic carbocycles. The van der Waals surface area contributed by atoms with E-state index in [1.165, 1.54) is 4.68 Å². The van der Waals surface area contributed by atoms with Gasteiger partial charge in [-0.1, -0.05) is 0 Å². The lowest BCUT2D eigenvalue weighted by atomic mass is 10.1. The molecule has 0 aliphatic heterocycles. The van der Waals surface area contributed by atoms with Gasteiger partial charge in [0.2, 0.25) is 0 Å². The molecular formula is C15H18N4O4S. The fourth-order valence-corrected chi connectivity index (χ4v) is 3.25. The highest BCUT2D eigenvalue weighted by Gasteiger charge is 2.20. The molecule has 9 heteroatoms. The van der Waals surface area contributed by atoms with Crippen molar-refractivity contribution < 1.29 is 14.7 Å². The molecule has 2 aromatic rings. The van der Waals surface area contributed by atoms with E-state index in [2.05, 4.69) is 15.4 Å². The Balaban J connectivity index is 2.38. The number of aryl methyl sites for hydroxylation is 3. The molecular weight excluding hydrogens is 332 g/mol. The van der Waals surface area contributed by atoms with Gasteiger partial charge in [-0.05, 0) is 26.3 Å². The molecule has 0 spiro atoms. The summed E-state index contributed by atoms with van der Waals surface area (Å²) in [6.45, 7) is 5.32. The van der Waals surface area contributed by atoms with Crippen molar-refractivity contribution in [3.05, 3.63) is 32.2 Å². The van der Waals surface area contributed by atoms with Crippen LogP contribution in [0.5, 0.6) is 0 Å². The molecule has 2 heterocycles. The summed E-state index contributed by atoms with van der Waals surface area (Å²) in [5.74, 6) is -1.37. The number of rotatable bonds is 5. The van der Waals surface area contributed by atoms with E-state index in [4.69, 9.17) is 5.11 Å². The Morgan fingerprint density at radius 1 is 1.25 bits per heavy atom. The number of hydrogen-bond acceptors (Lipinski definition) is 6. The van der Waals surface area contributed by atoms with Crippen LogP contribution in [0.25, 0.3) is 10.6 Å². The summed E-state index contributed by atoms with van der Waals surface area (Å²) in [5.41, 5.74) is 2.10. The zero-order chi connectivity index (χ0) is 18.0. The molecule has 8 nitrogen and oxygen atoms in total. The Kier molecular flexibility index (Phi) is 5.13. The van der Waals surface area contributed by atoms with Gasteiger partial charge in [0.05, 0.1) is 23.4 Å². The summed E-state index contributed by atoms with van der Waals surface area (Å²) in [5, 5.41) is 15.7. The van der Waals surface area contributed by atoms with Crippen molar-refractivity contribution in [1.82, 2.24) is 20.1 Å². The van der Waals surface area contributed by atoms with Gasteiger partial charge in [0.15, 0.2) is 0 Å². The van der Waals surface area contributed by atoms with Crippen molar-refractivity contribution in [1.29, 1.82) is 0 Å². The summed E-state index contributed by atoms with van der Waals surface area (Å²) in [4.78, 5) is 39.8. The number of nitrogens with one attached hydrogen (secondary N) is 1. The molecule has 0 fully saturated rings. The lowest BCUT2D eigenvalue weighted by Crippen LogP contribution is -2.25. The van der Waals surface area contributed by atoms with Crippen LogP contribution in [0, 0.1) is 20.8 Å². The van der Waals surface area contributed by atoms with Crippen LogP contribution in [0.1, 0.15) is 33.0 Å². The van der Waals surface area contributed by atoms with Crippen LogP contribution >= 0.6 is 11.3 Å². The minimum Gasteiger partial charge on any atom is -0.481 e. The first kappa shape index (κ1) is 17.8. The number of hydrogen-bond donors (Lipinski definition) is 2. The molecule has 0 atom stereocenters. The number of carboxylic acids is 1. The minimum absolute atomic E-state index is 0.0377. The van der Waals surface area contributed by atoms with Gasteiger partial charge in [-0.3, -0.25) is 14.4 Å². The lowest BCUT2D eigenvalue weighted by molar-refractivity contribution is -0.136.